The summed E-state index contributed by atoms with van der Waals surface area (Å²) in [5, 5.41) is 0. The number of esters is 1. The maximum atomic E-state index is 12.7. The van der Waals surface area contributed by atoms with Crippen molar-refractivity contribution in [2.24, 2.45) is 17.6 Å². The minimum Gasteiger partial charge on any atom is -0.466 e. The largest absolute Gasteiger partial charge is 0.466 e. The first-order chi connectivity index (χ1) is 11.0. The van der Waals surface area contributed by atoms with Gasteiger partial charge in [0.25, 0.3) is 0 Å². The molecule has 1 saturated heterocycles. The number of hydrogen-bond acceptors (Lipinski definition) is 4. The maximum absolute atomic E-state index is 12.7. The highest BCUT2D eigenvalue weighted by molar-refractivity contribution is 5.81. The van der Waals surface area contributed by atoms with Crippen molar-refractivity contribution in [2.45, 2.75) is 32.7 Å². The topological polar surface area (TPSA) is 72.6 Å². The normalized spacial score (nSPS) is 20.7. The van der Waals surface area contributed by atoms with Crippen LogP contribution in [0.4, 0.5) is 0 Å². The van der Waals surface area contributed by atoms with Crippen molar-refractivity contribution in [1.29, 1.82) is 0 Å². The van der Waals surface area contributed by atoms with E-state index in [0.29, 0.717) is 19.7 Å². The number of rotatable bonds is 5. The third-order valence-corrected chi connectivity index (χ3v) is 4.47. The molecule has 5 heteroatoms. The molecular weight excluding hydrogens is 292 g/mol. The minimum atomic E-state index is -0.341. The van der Waals surface area contributed by atoms with Crippen LogP contribution in [0.2, 0.25) is 0 Å². The van der Waals surface area contributed by atoms with Crippen molar-refractivity contribution in [3.05, 3.63) is 35.9 Å². The molecule has 0 aromatic heterocycles. The molecule has 1 heterocycles. The molecule has 5 nitrogen and oxygen atoms in total. The maximum Gasteiger partial charge on any atom is 0.310 e. The molecule has 1 amide bonds. The molecule has 2 rings (SSSR count). The predicted octanol–water partition coefficient (Wildman–Crippen LogP) is 2.12. The highest BCUT2D eigenvalue weighted by Crippen LogP contribution is 2.24. The predicted molar refractivity (Wildman–Crippen MR) is 88.5 cm³/mol. The van der Waals surface area contributed by atoms with Gasteiger partial charge in [-0.1, -0.05) is 37.3 Å². The monoisotopic (exact) mass is 318 g/mol. The Morgan fingerprint density at radius 2 is 2.04 bits per heavy atom. The van der Waals surface area contributed by atoms with Gasteiger partial charge in [-0.3, -0.25) is 9.59 Å². The number of nitrogens with zero attached hydrogens (tertiary/aromatic N) is 1. The molecule has 1 aromatic rings. The van der Waals surface area contributed by atoms with Crippen LogP contribution in [0.3, 0.4) is 0 Å². The van der Waals surface area contributed by atoms with Crippen molar-refractivity contribution < 1.29 is 14.3 Å². The molecule has 0 bridgehead atoms. The summed E-state index contributed by atoms with van der Waals surface area (Å²) in [6, 6.07) is 9.30. The number of amides is 1. The van der Waals surface area contributed by atoms with E-state index in [2.05, 4.69) is 0 Å². The number of ether oxygens (including phenoxy) is 1. The third kappa shape index (κ3) is 4.32. The molecule has 0 aliphatic carbocycles. The molecule has 1 aliphatic heterocycles. The van der Waals surface area contributed by atoms with E-state index in [1.54, 1.807) is 11.8 Å². The molecule has 126 valence electrons. The molecule has 3 unspecified atom stereocenters. The van der Waals surface area contributed by atoms with Gasteiger partial charge in [0, 0.05) is 19.1 Å². The van der Waals surface area contributed by atoms with Crippen molar-refractivity contribution in [3.63, 3.8) is 0 Å². The van der Waals surface area contributed by atoms with Crippen LogP contribution in [-0.4, -0.2) is 36.5 Å². The second-order valence-corrected chi connectivity index (χ2v) is 6.10. The Labute approximate surface area is 137 Å². The van der Waals surface area contributed by atoms with Crippen molar-refractivity contribution in [2.75, 3.05) is 19.7 Å². The van der Waals surface area contributed by atoms with Crippen LogP contribution in [0, 0.1) is 11.8 Å². The summed E-state index contributed by atoms with van der Waals surface area (Å²) in [4.78, 5) is 26.4. The fourth-order valence-electron chi connectivity index (χ4n) is 3.04. The van der Waals surface area contributed by atoms with E-state index >= 15 is 0 Å². The van der Waals surface area contributed by atoms with Crippen LogP contribution in [-0.2, 0) is 14.3 Å². The van der Waals surface area contributed by atoms with E-state index in [-0.39, 0.29) is 29.8 Å². The van der Waals surface area contributed by atoms with Gasteiger partial charge in [-0.25, -0.2) is 0 Å². The lowest BCUT2D eigenvalue weighted by Gasteiger charge is -2.34. The Hall–Kier alpha value is -1.88. The lowest BCUT2D eigenvalue weighted by molar-refractivity contribution is -0.152. The number of piperidine rings is 1. The van der Waals surface area contributed by atoms with E-state index in [0.717, 1.165) is 18.4 Å². The van der Waals surface area contributed by atoms with Gasteiger partial charge in [0.05, 0.1) is 18.4 Å². The zero-order valence-corrected chi connectivity index (χ0v) is 13.9. The van der Waals surface area contributed by atoms with Crippen LogP contribution in [0.5, 0.6) is 0 Å². The summed E-state index contributed by atoms with van der Waals surface area (Å²) >= 11 is 0. The average molecular weight is 318 g/mol. The molecule has 0 radical (unpaired) electrons. The second-order valence-electron chi connectivity index (χ2n) is 6.10. The van der Waals surface area contributed by atoms with E-state index in [9.17, 15) is 9.59 Å². The molecule has 0 spiro atoms. The van der Waals surface area contributed by atoms with Gasteiger partial charge in [-0.2, -0.15) is 0 Å². The summed E-state index contributed by atoms with van der Waals surface area (Å²) in [5.74, 6) is -0.730. The van der Waals surface area contributed by atoms with Gasteiger partial charge < -0.3 is 15.4 Å². The van der Waals surface area contributed by atoms with E-state index < -0.39 is 0 Å². The summed E-state index contributed by atoms with van der Waals surface area (Å²) in [5.41, 5.74) is 7.20. The molecular formula is C18H26N2O3. The Balaban J connectivity index is 2.00. The van der Waals surface area contributed by atoms with Gasteiger partial charge in [0.2, 0.25) is 5.91 Å². The first-order valence-electron chi connectivity index (χ1n) is 8.30. The summed E-state index contributed by atoms with van der Waals surface area (Å²) in [6.07, 6.45) is 1.60. The molecule has 1 aromatic carbocycles. The Kier molecular flexibility index (Phi) is 6.16. The number of likely N-dealkylation sites (tertiary alicyclic amines) is 1. The highest BCUT2D eigenvalue weighted by atomic mass is 16.5. The van der Waals surface area contributed by atoms with Crippen LogP contribution >= 0.6 is 0 Å². The molecule has 0 saturated carbocycles. The van der Waals surface area contributed by atoms with Crippen molar-refractivity contribution >= 4 is 11.9 Å². The smallest absolute Gasteiger partial charge is 0.310 e. The zero-order valence-electron chi connectivity index (χ0n) is 13.9. The Morgan fingerprint density at radius 3 is 2.70 bits per heavy atom. The first-order valence-corrected chi connectivity index (χ1v) is 8.30. The Morgan fingerprint density at radius 1 is 1.35 bits per heavy atom. The molecule has 1 aliphatic rings. The van der Waals surface area contributed by atoms with E-state index in [1.165, 1.54) is 0 Å². The van der Waals surface area contributed by atoms with Gasteiger partial charge in [-0.15, -0.1) is 0 Å². The lowest BCUT2D eigenvalue weighted by Crippen LogP contribution is -2.46. The van der Waals surface area contributed by atoms with E-state index in [1.807, 2.05) is 37.3 Å². The van der Waals surface area contributed by atoms with Crippen molar-refractivity contribution in [3.8, 4) is 0 Å². The SMILES string of the molecule is CCOC(=O)C1CCCN(C(=O)C(C)C(N)c2ccccc2)C1. The Bertz CT molecular complexity index is 532. The van der Waals surface area contributed by atoms with Crippen LogP contribution in [0.1, 0.15) is 38.3 Å². The lowest BCUT2D eigenvalue weighted by atomic mass is 9.92. The number of nitrogens with two attached hydrogens (primary N) is 1. The van der Waals surface area contributed by atoms with Crippen LogP contribution in [0.15, 0.2) is 30.3 Å². The van der Waals surface area contributed by atoms with Crippen LogP contribution < -0.4 is 5.73 Å². The minimum absolute atomic E-state index is 0.00958. The van der Waals surface area contributed by atoms with Gasteiger partial charge >= 0.3 is 5.97 Å². The number of carbonyl (C=O) groups excluding carboxylic acids is 2. The molecule has 1 fully saturated rings. The van der Waals surface area contributed by atoms with Gasteiger partial charge in [0.1, 0.15) is 0 Å². The molecule has 3 atom stereocenters. The molecule has 2 N–H and O–H groups in total. The fourth-order valence-corrected chi connectivity index (χ4v) is 3.04. The summed E-state index contributed by atoms with van der Waals surface area (Å²) in [6.45, 7) is 5.14. The summed E-state index contributed by atoms with van der Waals surface area (Å²) in [7, 11) is 0. The standard InChI is InChI=1S/C18H26N2O3/c1-3-23-18(22)15-10-7-11-20(12-15)17(21)13(2)16(19)14-8-5-4-6-9-14/h4-6,8-9,13,15-16H,3,7,10-12,19H2,1-2H3. The highest BCUT2D eigenvalue weighted by Gasteiger charge is 2.33. The first kappa shape index (κ1) is 17.5. The zero-order chi connectivity index (χ0) is 16.8. The van der Waals surface area contributed by atoms with Crippen molar-refractivity contribution in [1.82, 2.24) is 4.90 Å². The molecule has 23 heavy (non-hydrogen) atoms. The quantitative estimate of drug-likeness (QED) is 0.844. The average Bonchev–Trinajstić information content (AvgIpc) is 2.61. The number of hydrogen-bond donors (Lipinski definition) is 1. The number of benzene rings is 1. The number of carbonyl (C=O) groups is 2. The second kappa shape index (κ2) is 8.11. The summed E-state index contributed by atoms with van der Waals surface area (Å²) < 4.78 is 5.09. The third-order valence-electron chi connectivity index (χ3n) is 4.47. The van der Waals surface area contributed by atoms with E-state index in [4.69, 9.17) is 10.5 Å². The fraction of sp³-hybridized carbons (Fsp3) is 0.556. The van der Waals surface area contributed by atoms with Crippen LogP contribution in [0.25, 0.3) is 0 Å². The van der Waals surface area contributed by atoms with Gasteiger partial charge in [-0.05, 0) is 25.3 Å². The van der Waals surface area contributed by atoms with Gasteiger partial charge in [0.15, 0.2) is 0 Å².